The topological polar surface area (TPSA) is 47.4 Å². The van der Waals surface area contributed by atoms with Crippen molar-refractivity contribution >= 4 is 16.9 Å². The SMILES string of the molecule is C=CCN(CC=C)C(=O)Cn1c(COc2ccccc2)nc2ccccc21. The summed E-state index contributed by atoms with van der Waals surface area (Å²) < 4.78 is 7.78. The van der Waals surface area contributed by atoms with E-state index in [-0.39, 0.29) is 19.1 Å². The van der Waals surface area contributed by atoms with Crippen LogP contribution in [0.5, 0.6) is 5.75 Å². The van der Waals surface area contributed by atoms with E-state index in [0.717, 1.165) is 16.8 Å². The highest BCUT2D eigenvalue weighted by atomic mass is 16.5. The summed E-state index contributed by atoms with van der Waals surface area (Å²) in [5.74, 6) is 1.46. The van der Waals surface area contributed by atoms with Gasteiger partial charge in [0.2, 0.25) is 5.91 Å². The number of carbonyl (C=O) groups excluding carboxylic acids is 1. The lowest BCUT2D eigenvalue weighted by Gasteiger charge is -2.20. The average molecular weight is 361 g/mol. The monoisotopic (exact) mass is 361 g/mol. The normalized spacial score (nSPS) is 10.5. The van der Waals surface area contributed by atoms with Gasteiger partial charge < -0.3 is 14.2 Å². The Morgan fingerprint density at radius 1 is 1.04 bits per heavy atom. The first kappa shape index (κ1) is 18.5. The third kappa shape index (κ3) is 4.44. The number of amides is 1. The smallest absolute Gasteiger partial charge is 0.243 e. The molecule has 1 aromatic heterocycles. The molecule has 0 aliphatic heterocycles. The number of aromatic nitrogens is 2. The lowest BCUT2D eigenvalue weighted by Crippen LogP contribution is -2.34. The Hall–Kier alpha value is -3.34. The van der Waals surface area contributed by atoms with E-state index in [4.69, 9.17) is 4.74 Å². The van der Waals surface area contributed by atoms with E-state index in [2.05, 4.69) is 18.1 Å². The number of hydrogen-bond acceptors (Lipinski definition) is 3. The fraction of sp³-hybridized carbons (Fsp3) is 0.182. The van der Waals surface area contributed by atoms with Crippen LogP contribution in [-0.2, 0) is 17.9 Å². The Kier molecular flexibility index (Phi) is 6.05. The lowest BCUT2D eigenvalue weighted by atomic mass is 10.3. The summed E-state index contributed by atoms with van der Waals surface area (Å²) in [5, 5.41) is 0. The highest BCUT2D eigenvalue weighted by Gasteiger charge is 2.17. The maximum Gasteiger partial charge on any atom is 0.243 e. The van der Waals surface area contributed by atoms with Crippen LogP contribution in [0.15, 0.2) is 79.9 Å². The van der Waals surface area contributed by atoms with Crippen molar-refractivity contribution in [3.05, 3.63) is 85.7 Å². The predicted octanol–water partition coefficient (Wildman–Crippen LogP) is 3.82. The molecule has 0 aliphatic carbocycles. The van der Waals surface area contributed by atoms with Crippen LogP contribution in [0.25, 0.3) is 11.0 Å². The van der Waals surface area contributed by atoms with Gasteiger partial charge in [0.15, 0.2) is 0 Å². The van der Waals surface area contributed by atoms with Gasteiger partial charge in [0.25, 0.3) is 0 Å². The Bertz CT molecular complexity index is 921. The minimum atomic E-state index is -0.0149. The molecule has 3 aromatic rings. The summed E-state index contributed by atoms with van der Waals surface area (Å²) in [5.41, 5.74) is 1.76. The van der Waals surface area contributed by atoms with Gasteiger partial charge in [-0.1, -0.05) is 42.5 Å². The molecule has 5 nitrogen and oxygen atoms in total. The molecule has 1 heterocycles. The Labute approximate surface area is 159 Å². The van der Waals surface area contributed by atoms with Crippen LogP contribution in [0.1, 0.15) is 5.82 Å². The second-order valence-corrected chi connectivity index (χ2v) is 6.08. The van der Waals surface area contributed by atoms with Gasteiger partial charge in [-0.3, -0.25) is 4.79 Å². The molecule has 0 saturated carbocycles. The predicted molar refractivity (Wildman–Crippen MR) is 107 cm³/mol. The van der Waals surface area contributed by atoms with E-state index in [1.807, 2.05) is 59.2 Å². The van der Waals surface area contributed by atoms with Crippen molar-refractivity contribution < 1.29 is 9.53 Å². The molecule has 138 valence electrons. The molecule has 0 aliphatic rings. The highest BCUT2D eigenvalue weighted by molar-refractivity contribution is 5.81. The van der Waals surface area contributed by atoms with Crippen molar-refractivity contribution in [3.8, 4) is 5.75 Å². The van der Waals surface area contributed by atoms with Gasteiger partial charge in [-0.15, -0.1) is 13.2 Å². The van der Waals surface area contributed by atoms with E-state index in [1.165, 1.54) is 0 Å². The molecule has 0 radical (unpaired) electrons. The van der Waals surface area contributed by atoms with Crippen LogP contribution in [0.4, 0.5) is 0 Å². The molecule has 0 spiro atoms. The van der Waals surface area contributed by atoms with E-state index in [1.54, 1.807) is 17.1 Å². The third-order valence-corrected chi connectivity index (χ3v) is 4.19. The number of ether oxygens (including phenoxy) is 1. The zero-order valence-corrected chi connectivity index (χ0v) is 15.3. The van der Waals surface area contributed by atoms with Crippen LogP contribution < -0.4 is 4.74 Å². The molecule has 1 amide bonds. The summed E-state index contributed by atoms with van der Waals surface area (Å²) in [6.07, 6.45) is 3.43. The van der Waals surface area contributed by atoms with Crippen LogP contribution in [-0.4, -0.2) is 33.4 Å². The van der Waals surface area contributed by atoms with Crippen LogP contribution in [0, 0.1) is 0 Å². The van der Waals surface area contributed by atoms with Crippen molar-refractivity contribution in [2.45, 2.75) is 13.2 Å². The zero-order valence-electron chi connectivity index (χ0n) is 15.3. The zero-order chi connectivity index (χ0) is 19.1. The number of benzene rings is 2. The third-order valence-electron chi connectivity index (χ3n) is 4.19. The van der Waals surface area contributed by atoms with Gasteiger partial charge >= 0.3 is 0 Å². The maximum atomic E-state index is 12.8. The quantitative estimate of drug-likeness (QED) is 0.545. The highest BCUT2D eigenvalue weighted by Crippen LogP contribution is 2.18. The first-order valence-electron chi connectivity index (χ1n) is 8.84. The Morgan fingerprint density at radius 3 is 2.41 bits per heavy atom. The minimum Gasteiger partial charge on any atom is -0.486 e. The van der Waals surface area contributed by atoms with Crippen molar-refractivity contribution in [1.82, 2.24) is 14.5 Å². The van der Waals surface area contributed by atoms with Gasteiger partial charge in [0.1, 0.15) is 24.7 Å². The summed E-state index contributed by atoms with van der Waals surface area (Å²) in [6.45, 7) is 8.89. The number of fused-ring (bicyclic) bond motifs is 1. The number of hydrogen-bond donors (Lipinski definition) is 0. The van der Waals surface area contributed by atoms with Gasteiger partial charge in [-0.05, 0) is 24.3 Å². The second kappa shape index (κ2) is 8.85. The van der Waals surface area contributed by atoms with E-state index >= 15 is 0 Å². The number of carbonyl (C=O) groups is 1. The van der Waals surface area contributed by atoms with Crippen molar-refractivity contribution in [2.24, 2.45) is 0 Å². The molecule has 0 bridgehead atoms. The molecule has 0 unspecified atom stereocenters. The summed E-state index contributed by atoms with van der Waals surface area (Å²) >= 11 is 0. The number of para-hydroxylation sites is 3. The standard InChI is InChI=1S/C22H23N3O2/c1-3-14-24(15-4-2)22(26)16-25-20-13-9-8-12-19(20)23-21(25)17-27-18-10-6-5-7-11-18/h3-13H,1-2,14-17H2. The second-order valence-electron chi connectivity index (χ2n) is 6.08. The summed E-state index contributed by atoms with van der Waals surface area (Å²) in [4.78, 5) is 19.2. The first-order chi connectivity index (χ1) is 13.2. The van der Waals surface area contributed by atoms with E-state index < -0.39 is 0 Å². The largest absolute Gasteiger partial charge is 0.486 e. The lowest BCUT2D eigenvalue weighted by molar-refractivity contribution is -0.130. The van der Waals surface area contributed by atoms with Crippen molar-refractivity contribution in [2.75, 3.05) is 13.1 Å². The molecule has 0 atom stereocenters. The molecular formula is C22H23N3O2. The maximum absolute atomic E-state index is 12.8. The molecule has 0 saturated heterocycles. The van der Waals surface area contributed by atoms with Gasteiger partial charge in [-0.2, -0.15) is 0 Å². The number of nitrogens with zero attached hydrogens (tertiary/aromatic N) is 3. The molecule has 2 aromatic carbocycles. The first-order valence-corrected chi connectivity index (χ1v) is 8.84. The summed E-state index contributed by atoms with van der Waals surface area (Å²) in [7, 11) is 0. The molecule has 27 heavy (non-hydrogen) atoms. The molecular weight excluding hydrogens is 338 g/mol. The molecule has 0 N–H and O–H groups in total. The fourth-order valence-electron chi connectivity index (χ4n) is 2.90. The average Bonchev–Trinajstić information content (AvgIpc) is 3.04. The number of imidazole rings is 1. The van der Waals surface area contributed by atoms with E-state index in [0.29, 0.717) is 18.9 Å². The number of rotatable bonds is 9. The van der Waals surface area contributed by atoms with Gasteiger partial charge in [0, 0.05) is 13.1 Å². The van der Waals surface area contributed by atoms with Crippen LogP contribution >= 0.6 is 0 Å². The molecule has 5 heteroatoms. The minimum absolute atomic E-state index is 0.0149. The molecule has 0 fully saturated rings. The van der Waals surface area contributed by atoms with E-state index in [9.17, 15) is 4.79 Å². The fourth-order valence-corrected chi connectivity index (χ4v) is 2.90. The van der Waals surface area contributed by atoms with Crippen LogP contribution in [0.2, 0.25) is 0 Å². The van der Waals surface area contributed by atoms with Gasteiger partial charge in [-0.25, -0.2) is 4.98 Å². The van der Waals surface area contributed by atoms with Gasteiger partial charge in [0.05, 0.1) is 11.0 Å². The Balaban J connectivity index is 1.86. The van der Waals surface area contributed by atoms with Crippen molar-refractivity contribution in [3.63, 3.8) is 0 Å². The summed E-state index contributed by atoms with van der Waals surface area (Å²) in [6, 6.07) is 17.4. The van der Waals surface area contributed by atoms with Crippen molar-refractivity contribution in [1.29, 1.82) is 0 Å². The Morgan fingerprint density at radius 2 is 1.70 bits per heavy atom. The van der Waals surface area contributed by atoms with Crippen LogP contribution in [0.3, 0.4) is 0 Å². The molecule has 3 rings (SSSR count).